The molecule has 2 N–H and O–H groups in total. The normalized spacial score (nSPS) is 10.3. The SMILES string of the molecule is O=C(Nc1ccc([N+](=O)[O-])cc1)c1ccc(-c2ccc(F)cc2)[nH]c1=O. The highest BCUT2D eigenvalue weighted by Gasteiger charge is 2.13. The molecule has 3 aromatic rings. The standard InChI is InChI=1S/C18H12FN3O4/c19-12-3-1-11(2-4-12)16-10-9-15(18(24)21-16)17(23)20-13-5-7-14(8-6-13)22(25)26/h1-10H,(H,20,23)(H,21,24). The first-order valence-corrected chi connectivity index (χ1v) is 7.49. The van der Waals surface area contributed by atoms with E-state index in [4.69, 9.17) is 0 Å². The van der Waals surface area contributed by atoms with Crippen LogP contribution in [0.15, 0.2) is 65.5 Å². The number of halogens is 1. The summed E-state index contributed by atoms with van der Waals surface area (Å²) in [4.78, 5) is 37.1. The number of hydrogen-bond acceptors (Lipinski definition) is 4. The van der Waals surface area contributed by atoms with Crippen LogP contribution in [-0.4, -0.2) is 15.8 Å². The molecule has 0 aliphatic carbocycles. The number of nitrogens with zero attached hydrogens (tertiary/aromatic N) is 1. The molecule has 0 aliphatic heterocycles. The number of aromatic nitrogens is 1. The number of anilines is 1. The van der Waals surface area contributed by atoms with E-state index in [-0.39, 0.29) is 11.3 Å². The van der Waals surface area contributed by atoms with E-state index in [9.17, 15) is 24.1 Å². The second-order valence-electron chi connectivity index (χ2n) is 5.38. The summed E-state index contributed by atoms with van der Waals surface area (Å²) in [6.45, 7) is 0. The molecule has 0 fully saturated rings. The predicted molar refractivity (Wildman–Crippen MR) is 93.5 cm³/mol. The smallest absolute Gasteiger partial charge is 0.269 e. The van der Waals surface area contributed by atoms with Gasteiger partial charge in [0, 0.05) is 23.5 Å². The molecule has 7 nitrogen and oxygen atoms in total. The lowest BCUT2D eigenvalue weighted by molar-refractivity contribution is -0.384. The molecule has 2 aromatic carbocycles. The summed E-state index contributed by atoms with van der Waals surface area (Å²) in [7, 11) is 0. The van der Waals surface area contributed by atoms with Crippen molar-refractivity contribution in [2.75, 3.05) is 5.32 Å². The first-order valence-electron chi connectivity index (χ1n) is 7.49. The van der Waals surface area contributed by atoms with Crippen molar-refractivity contribution in [3.63, 3.8) is 0 Å². The van der Waals surface area contributed by atoms with E-state index >= 15 is 0 Å². The molecule has 0 saturated carbocycles. The first kappa shape index (κ1) is 17.0. The molecule has 0 spiro atoms. The molecule has 26 heavy (non-hydrogen) atoms. The van der Waals surface area contributed by atoms with E-state index < -0.39 is 22.2 Å². The molecule has 0 unspecified atom stereocenters. The number of hydrogen-bond donors (Lipinski definition) is 2. The summed E-state index contributed by atoms with van der Waals surface area (Å²) in [5, 5.41) is 13.1. The third-order valence-corrected chi connectivity index (χ3v) is 3.65. The van der Waals surface area contributed by atoms with Crippen LogP contribution in [0.2, 0.25) is 0 Å². The molecule has 0 aliphatic rings. The minimum Gasteiger partial charge on any atom is -0.322 e. The highest BCUT2D eigenvalue weighted by molar-refractivity contribution is 6.04. The van der Waals surface area contributed by atoms with Crippen molar-refractivity contribution in [2.45, 2.75) is 0 Å². The third kappa shape index (κ3) is 3.64. The molecule has 3 rings (SSSR count). The van der Waals surface area contributed by atoms with Gasteiger partial charge >= 0.3 is 0 Å². The number of amides is 1. The number of nitrogens with one attached hydrogen (secondary N) is 2. The van der Waals surface area contributed by atoms with Gasteiger partial charge in [0.25, 0.3) is 17.2 Å². The molecular weight excluding hydrogens is 341 g/mol. The number of benzene rings is 2. The molecule has 130 valence electrons. The number of carbonyl (C=O) groups excluding carboxylic acids is 1. The number of carbonyl (C=O) groups is 1. The maximum Gasteiger partial charge on any atom is 0.269 e. The minimum atomic E-state index is -0.647. The predicted octanol–water partition coefficient (Wildman–Crippen LogP) is 3.34. The molecule has 1 aromatic heterocycles. The Kier molecular flexibility index (Phi) is 4.57. The van der Waals surface area contributed by atoms with Gasteiger partial charge in [-0.05, 0) is 54.1 Å². The Balaban J connectivity index is 1.80. The van der Waals surface area contributed by atoms with Crippen molar-refractivity contribution in [1.82, 2.24) is 4.98 Å². The Bertz CT molecular complexity index is 1030. The summed E-state index contributed by atoms with van der Waals surface area (Å²) < 4.78 is 13.0. The Labute approximate surface area is 146 Å². The van der Waals surface area contributed by atoms with Crippen molar-refractivity contribution < 1.29 is 14.1 Å². The van der Waals surface area contributed by atoms with Crippen LogP contribution in [0.4, 0.5) is 15.8 Å². The van der Waals surface area contributed by atoms with E-state index in [1.165, 1.54) is 54.6 Å². The average Bonchev–Trinajstić information content (AvgIpc) is 2.62. The van der Waals surface area contributed by atoms with Gasteiger partial charge in [0.15, 0.2) is 0 Å². The Hall–Kier alpha value is -3.81. The van der Waals surface area contributed by atoms with Crippen LogP contribution >= 0.6 is 0 Å². The molecule has 1 amide bonds. The number of rotatable bonds is 4. The monoisotopic (exact) mass is 353 g/mol. The number of H-pyrrole nitrogens is 1. The zero-order chi connectivity index (χ0) is 18.7. The van der Waals surface area contributed by atoms with Crippen LogP contribution in [0.5, 0.6) is 0 Å². The Morgan fingerprint density at radius 2 is 1.65 bits per heavy atom. The molecular formula is C18H12FN3O4. The minimum absolute atomic E-state index is 0.107. The van der Waals surface area contributed by atoms with E-state index in [0.29, 0.717) is 16.9 Å². The average molecular weight is 353 g/mol. The van der Waals surface area contributed by atoms with Crippen LogP contribution < -0.4 is 10.9 Å². The number of non-ortho nitro benzene ring substituents is 1. The topological polar surface area (TPSA) is 105 Å². The van der Waals surface area contributed by atoms with Gasteiger partial charge in [0.05, 0.1) is 4.92 Å². The lowest BCUT2D eigenvalue weighted by Gasteiger charge is -2.06. The van der Waals surface area contributed by atoms with Crippen molar-refractivity contribution in [2.24, 2.45) is 0 Å². The van der Waals surface area contributed by atoms with E-state index in [0.717, 1.165) is 0 Å². The van der Waals surface area contributed by atoms with E-state index in [1.807, 2.05) is 0 Å². The van der Waals surface area contributed by atoms with Gasteiger partial charge in [-0.2, -0.15) is 0 Å². The number of pyridine rings is 1. The first-order chi connectivity index (χ1) is 12.4. The van der Waals surface area contributed by atoms with Crippen molar-refractivity contribution in [1.29, 1.82) is 0 Å². The molecule has 1 heterocycles. The number of nitro groups is 1. The molecule has 8 heteroatoms. The highest BCUT2D eigenvalue weighted by atomic mass is 19.1. The maximum absolute atomic E-state index is 13.0. The third-order valence-electron chi connectivity index (χ3n) is 3.65. The molecule has 0 bridgehead atoms. The summed E-state index contributed by atoms with van der Waals surface area (Å²) in [6, 6.07) is 13.7. The maximum atomic E-state index is 13.0. The van der Waals surface area contributed by atoms with Crippen LogP contribution in [0, 0.1) is 15.9 Å². The quantitative estimate of drug-likeness (QED) is 0.554. The van der Waals surface area contributed by atoms with Gasteiger partial charge in [-0.25, -0.2) is 4.39 Å². The molecule has 0 saturated heterocycles. The lowest BCUT2D eigenvalue weighted by Crippen LogP contribution is -2.23. The van der Waals surface area contributed by atoms with Gasteiger partial charge in [-0.3, -0.25) is 19.7 Å². The van der Waals surface area contributed by atoms with Gasteiger partial charge in [-0.15, -0.1) is 0 Å². The van der Waals surface area contributed by atoms with Crippen molar-refractivity contribution >= 4 is 17.3 Å². The zero-order valence-corrected chi connectivity index (χ0v) is 13.2. The van der Waals surface area contributed by atoms with Crippen LogP contribution in [0.3, 0.4) is 0 Å². The second-order valence-corrected chi connectivity index (χ2v) is 5.38. The molecule has 0 atom stereocenters. The summed E-state index contributed by atoms with van der Waals surface area (Å²) in [5.41, 5.74) is 0.542. The number of nitro benzene ring substituents is 1. The Morgan fingerprint density at radius 1 is 1.00 bits per heavy atom. The van der Waals surface area contributed by atoms with Gasteiger partial charge in [-0.1, -0.05) is 0 Å². The molecule has 0 radical (unpaired) electrons. The fourth-order valence-corrected chi connectivity index (χ4v) is 2.32. The van der Waals surface area contributed by atoms with Crippen molar-refractivity contribution in [3.8, 4) is 11.3 Å². The lowest BCUT2D eigenvalue weighted by atomic mass is 10.1. The summed E-state index contributed by atoms with van der Waals surface area (Å²) in [6.07, 6.45) is 0. The summed E-state index contributed by atoms with van der Waals surface area (Å²) >= 11 is 0. The van der Waals surface area contributed by atoms with Gasteiger partial charge in [0.1, 0.15) is 11.4 Å². The van der Waals surface area contributed by atoms with Gasteiger partial charge in [0.2, 0.25) is 0 Å². The second kappa shape index (κ2) is 6.98. The fraction of sp³-hybridized carbons (Fsp3) is 0. The zero-order valence-electron chi connectivity index (χ0n) is 13.2. The van der Waals surface area contributed by atoms with Crippen LogP contribution in [0.1, 0.15) is 10.4 Å². The highest BCUT2D eigenvalue weighted by Crippen LogP contribution is 2.18. The van der Waals surface area contributed by atoms with Gasteiger partial charge < -0.3 is 10.3 Å². The van der Waals surface area contributed by atoms with Crippen LogP contribution in [0.25, 0.3) is 11.3 Å². The Morgan fingerprint density at radius 3 is 2.23 bits per heavy atom. The fourth-order valence-electron chi connectivity index (χ4n) is 2.32. The number of aromatic amines is 1. The largest absolute Gasteiger partial charge is 0.322 e. The van der Waals surface area contributed by atoms with Crippen LogP contribution in [-0.2, 0) is 0 Å². The summed E-state index contributed by atoms with van der Waals surface area (Å²) in [5.74, 6) is -1.04. The van der Waals surface area contributed by atoms with E-state index in [2.05, 4.69) is 10.3 Å². The van der Waals surface area contributed by atoms with E-state index in [1.54, 1.807) is 6.07 Å². The van der Waals surface area contributed by atoms with Crippen molar-refractivity contribution in [3.05, 3.63) is 92.5 Å².